The molecule has 1 saturated heterocycles. The van der Waals surface area contributed by atoms with E-state index in [0.717, 1.165) is 0 Å². The molecular formula is C11H14BrClN4O2. The Kier molecular flexibility index (Phi) is 4.95. The van der Waals surface area contributed by atoms with Gasteiger partial charge in [0, 0.05) is 13.1 Å². The highest BCUT2D eigenvalue weighted by molar-refractivity contribution is 9.10. The van der Waals surface area contributed by atoms with Gasteiger partial charge in [0.25, 0.3) is 0 Å². The quantitative estimate of drug-likeness (QED) is 0.832. The predicted molar refractivity (Wildman–Crippen MR) is 75.4 cm³/mol. The maximum absolute atomic E-state index is 12.1. The molecule has 0 radical (unpaired) electrons. The van der Waals surface area contributed by atoms with Gasteiger partial charge in [-0.1, -0.05) is 11.6 Å². The number of nitrogens with zero attached hydrogens (tertiary/aromatic N) is 3. The Morgan fingerprint density at radius 3 is 3.21 bits per heavy atom. The van der Waals surface area contributed by atoms with Gasteiger partial charge < -0.3 is 15.0 Å². The molecule has 0 saturated carbocycles. The summed E-state index contributed by atoms with van der Waals surface area (Å²) < 4.78 is 5.97. The monoisotopic (exact) mass is 348 g/mol. The molecule has 19 heavy (non-hydrogen) atoms. The average Bonchev–Trinajstić information content (AvgIpc) is 2.42. The highest BCUT2D eigenvalue weighted by Gasteiger charge is 2.31. The molecule has 2 rings (SSSR count). The van der Waals surface area contributed by atoms with Crippen LogP contribution in [0.25, 0.3) is 0 Å². The minimum absolute atomic E-state index is 0.0798. The Labute approximate surface area is 124 Å². The standard InChI is InChI=1S/C11H14BrClN4O2/c1-2-14-11(18)7-5-19-4-3-17(7)10-8(12)9(13)15-6-16-10/h6-7H,2-5H2,1H3,(H,14,18). The van der Waals surface area contributed by atoms with Crippen molar-refractivity contribution in [1.29, 1.82) is 0 Å². The van der Waals surface area contributed by atoms with Gasteiger partial charge in [0.05, 0.1) is 17.7 Å². The third-order valence-electron chi connectivity index (χ3n) is 2.78. The highest BCUT2D eigenvalue weighted by Crippen LogP contribution is 2.31. The van der Waals surface area contributed by atoms with Crippen LogP contribution in [-0.2, 0) is 9.53 Å². The second kappa shape index (κ2) is 6.49. The van der Waals surface area contributed by atoms with Gasteiger partial charge in [0.15, 0.2) is 0 Å². The van der Waals surface area contributed by atoms with Crippen LogP contribution in [0.5, 0.6) is 0 Å². The lowest BCUT2D eigenvalue weighted by Gasteiger charge is -2.35. The summed E-state index contributed by atoms with van der Waals surface area (Å²) in [7, 11) is 0. The van der Waals surface area contributed by atoms with E-state index < -0.39 is 6.04 Å². The van der Waals surface area contributed by atoms with Crippen molar-refractivity contribution in [2.24, 2.45) is 0 Å². The molecule has 1 aromatic rings. The van der Waals surface area contributed by atoms with Gasteiger partial charge in [0.2, 0.25) is 5.91 Å². The third kappa shape index (κ3) is 3.16. The molecule has 1 N–H and O–H groups in total. The summed E-state index contributed by atoms with van der Waals surface area (Å²) >= 11 is 9.33. The number of morpholine rings is 1. The Bertz CT molecular complexity index is 474. The number of halogens is 2. The van der Waals surface area contributed by atoms with E-state index >= 15 is 0 Å². The zero-order valence-electron chi connectivity index (χ0n) is 10.4. The topological polar surface area (TPSA) is 67.3 Å². The smallest absolute Gasteiger partial charge is 0.245 e. The molecule has 1 unspecified atom stereocenters. The number of likely N-dealkylation sites (N-methyl/N-ethyl adjacent to an activating group) is 1. The average molecular weight is 350 g/mol. The van der Waals surface area contributed by atoms with E-state index in [1.165, 1.54) is 6.33 Å². The van der Waals surface area contributed by atoms with E-state index in [4.69, 9.17) is 16.3 Å². The van der Waals surface area contributed by atoms with E-state index in [1.807, 2.05) is 11.8 Å². The zero-order valence-corrected chi connectivity index (χ0v) is 12.7. The number of carbonyl (C=O) groups is 1. The van der Waals surface area contributed by atoms with E-state index in [9.17, 15) is 4.79 Å². The summed E-state index contributed by atoms with van der Waals surface area (Å²) in [5.41, 5.74) is 0. The number of hydrogen-bond acceptors (Lipinski definition) is 5. The van der Waals surface area contributed by atoms with E-state index in [0.29, 0.717) is 41.7 Å². The van der Waals surface area contributed by atoms with Crippen LogP contribution < -0.4 is 10.2 Å². The molecule has 1 fully saturated rings. The summed E-state index contributed by atoms with van der Waals surface area (Å²) in [6.45, 7) is 3.91. The first-order chi connectivity index (χ1) is 9.15. The SMILES string of the molecule is CCNC(=O)C1COCCN1c1ncnc(Cl)c1Br. The number of hydrogen-bond donors (Lipinski definition) is 1. The second-order valence-electron chi connectivity index (χ2n) is 3.98. The predicted octanol–water partition coefficient (Wildman–Crippen LogP) is 1.23. The van der Waals surface area contributed by atoms with E-state index in [1.54, 1.807) is 0 Å². The number of nitrogens with one attached hydrogen (secondary N) is 1. The molecule has 0 aliphatic carbocycles. The lowest BCUT2D eigenvalue weighted by Crippen LogP contribution is -2.54. The third-order valence-corrected chi connectivity index (χ3v) is 4.03. The van der Waals surface area contributed by atoms with Crippen LogP contribution in [0.15, 0.2) is 10.8 Å². The fourth-order valence-corrected chi connectivity index (χ4v) is 2.47. The highest BCUT2D eigenvalue weighted by atomic mass is 79.9. The summed E-state index contributed by atoms with van der Waals surface area (Å²) in [6, 6.07) is -0.407. The second-order valence-corrected chi connectivity index (χ2v) is 5.13. The number of anilines is 1. The van der Waals surface area contributed by atoms with Gasteiger partial charge in [-0.25, -0.2) is 9.97 Å². The first-order valence-electron chi connectivity index (χ1n) is 5.93. The molecule has 1 aliphatic rings. The summed E-state index contributed by atoms with van der Waals surface area (Å²) in [5, 5.41) is 3.12. The maximum Gasteiger partial charge on any atom is 0.245 e. The number of aromatic nitrogens is 2. The Balaban J connectivity index is 2.29. The Morgan fingerprint density at radius 1 is 1.68 bits per heavy atom. The normalized spacial score (nSPS) is 19.3. The van der Waals surface area contributed by atoms with Crippen molar-refractivity contribution in [1.82, 2.24) is 15.3 Å². The van der Waals surface area contributed by atoms with Crippen LogP contribution in [0, 0.1) is 0 Å². The molecule has 1 atom stereocenters. The van der Waals surface area contributed by atoms with Crippen molar-refractivity contribution in [3.8, 4) is 0 Å². The van der Waals surface area contributed by atoms with E-state index in [2.05, 4.69) is 31.2 Å². The summed E-state index contributed by atoms with van der Waals surface area (Å²) in [4.78, 5) is 22.0. The van der Waals surface area contributed by atoms with Crippen molar-refractivity contribution in [3.63, 3.8) is 0 Å². The lowest BCUT2D eigenvalue weighted by atomic mass is 10.2. The van der Waals surface area contributed by atoms with Crippen molar-refractivity contribution in [3.05, 3.63) is 16.0 Å². The van der Waals surface area contributed by atoms with Gasteiger partial charge in [-0.05, 0) is 22.9 Å². The molecule has 1 amide bonds. The fraction of sp³-hybridized carbons (Fsp3) is 0.545. The van der Waals surface area contributed by atoms with Crippen LogP contribution in [-0.4, -0.2) is 48.2 Å². The number of amides is 1. The first kappa shape index (κ1) is 14.5. The molecule has 0 spiro atoms. The van der Waals surface area contributed by atoms with Crippen LogP contribution in [0.3, 0.4) is 0 Å². The van der Waals surface area contributed by atoms with Crippen molar-refractivity contribution < 1.29 is 9.53 Å². The molecule has 1 aromatic heterocycles. The largest absolute Gasteiger partial charge is 0.377 e. The van der Waals surface area contributed by atoms with Gasteiger partial charge in [-0.3, -0.25) is 4.79 Å². The molecular weight excluding hydrogens is 336 g/mol. The lowest BCUT2D eigenvalue weighted by molar-refractivity contribution is -0.124. The zero-order chi connectivity index (χ0) is 13.8. The number of carbonyl (C=O) groups excluding carboxylic acids is 1. The molecule has 2 heterocycles. The molecule has 6 nitrogen and oxygen atoms in total. The molecule has 104 valence electrons. The minimum atomic E-state index is -0.407. The summed E-state index contributed by atoms with van der Waals surface area (Å²) in [6.07, 6.45) is 1.38. The van der Waals surface area contributed by atoms with Gasteiger partial charge in [-0.2, -0.15) is 0 Å². The molecule has 8 heteroatoms. The van der Waals surface area contributed by atoms with Crippen LogP contribution in [0.2, 0.25) is 5.15 Å². The van der Waals surface area contributed by atoms with Crippen LogP contribution in [0.4, 0.5) is 5.82 Å². The van der Waals surface area contributed by atoms with E-state index in [-0.39, 0.29) is 5.91 Å². The fourth-order valence-electron chi connectivity index (χ4n) is 1.91. The van der Waals surface area contributed by atoms with Crippen molar-refractivity contribution in [2.75, 3.05) is 31.2 Å². The minimum Gasteiger partial charge on any atom is -0.377 e. The van der Waals surface area contributed by atoms with Gasteiger partial charge >= 0.3 is 0 Å². The Morgan fingerprint density at radius 2 is 2.47 bits per heavy atom. The van der Waals surface area contributed by atoms with Crippen molar-refractivity contribution >= 4 is 39.3 Å². The van der Waals surface area contributed by atoms with Crippen molar-refractivity contribution in [2.45, 2.75) is 13.0 Å². The molecule has 1 aliphatic heterocycles. The maximum atomic E-state index is 12.1. The van der Waals surface area contributed by atoms with Crippen LogP contribution >= 0.6 is 27.5 Å². The van der Waals surface area contributed by atoms with Crippen LogP contribution in [0.1, 0.15) is 6.92 Å². The van der Waals surface area contributed by atoms with Gasteiger partial charge in [-0.15, -0.1) is 0 Å². The Hall–Kier alpha value is -0.920. The summed E-state index contributed by atoms with van der Waals surface area (Å²) in [5.74, 6) is 0.531. The number of rotatable bonds is 3. The molecule has 0 aromatic carbocycles. The van der Waals surface area contributed by atoms with Gasteiger partial charge in [0.1, 0.15) is 23.3 Å². The molecule has 0 bridgehead atoms. The first-order valence-corrected chi connectivity index (χ1v) is 7.10. The number of ether oxygens (including phenoxy) is 1.